The number of hydrogen-bond acceptors (Lipinski definition) is 2. The second kappa shape index (κ2) is 7.83. The summed E-state index contributed by atoms with van der Waals surface area (Å²) in [5, 5.41) is 4.03. The van der Waals surface area contributed by atoms with Gasteiger partial charge >= 0.3 is 0 Å². The molecule has 2 aromatic rings. The van der Waals surface area contributed by atoms with Gasteiger partial charge in [-0.2, -0.15) is 0 Å². The summed E-state index contributed by atoms with van der Waals surface area (Å²) < 4.78 is 6.76. The van der Waals surface area contributed by atoms with Crippen LogP contribution < -0.4 is 10.1 Å². The summed E-state index contributed by atoms with van der Waals surface area (Å²) in [4.78, 5) is 0. The molecular formula is C17H19BrClNO. The molecule has 0 aromatic heterocycles. The van der Waals surface area contributed by atoms with Crippen LogP contribution >= 0.6 is 27.5 Å². The molecule has 21 heavy (non-hydrogen) atoms. The van der Waals surface area contributed by atoms with Crippen molar-refractivity contribution >= 4 is 27.5 Å². The van der Waals surface area contributed by atoms with Crippen molar-refractivity contribution in [2.75, 3.05) is 0 Å². The van der Waals surface area contributed by atoms with Gasteiger partial charge in [0.1, 0.15) is 12.4 Å². The van der Waals surface area contributed by atoms with Crippen LogP contribution in [0.15, 0.2) is 46.9 Å². The van der Waals surface area contributed by atoms with Crippen LogP contribution in [0.4, 0.5) is 0 Å². The molecule has 4 heteroatoms. The van der Waals surface area contributed by atoms with Gasteiger partial charge in [-0.05, 0) is 29.3 Å². The fraction of sp³-hybridized carbons (Fsp3) is 0.294. The monoisotopic (exact) mass is 367 g/mol. The van der Waals surface area contributed by atoms with Crippen LogP contribution in [0.5, 0.6) is 5.75 Å². The highest BCUT2D eigenvalue weighted by molar-refractivity contribution is 9.10. The molecule has 0 unspecified atom stereocenters. The van der Waals surface area contributed by atoms with Crippen molar-refractivity contribution in [3.63, 3.8) is 0 Å². The molecule has 0 radical (unpaired) electrons. The van der Waals surface area contributed by atoms with Crippen molar-refractivity contribution in [3.05, 3.63) is 63.1 Å². The van der Waals surface area contributed by atoms with E-state index in [9.17, 15) is 0 Å². The van der Waals surface area contributed by atoms with Gasteiger partial charge in [0.25, 0.3) is 0 Å². The van der Waals surface area contributed by atoms with E-state index in [0.29, 0.717) is 23.4 Å². The van der Waals surface area contributed by atoms with Crippen LogP contribution in [0.2, 0.25) is 5.02 Å². The van der Waals surface area contributed by atoms with Gasteiger partial charge in [0.15, 0.2) is 0 Å². The van der Waals surface area contributed by atoms with Gasteiger partial charge < -0.3 is 10.1 Å². The molecule has 0 spiro atoms. The molecule has 2 nitrogen and oxygen atoms in total. The Labute approximate surface area is 139 Å². The van der Waals surface area contributed by atoms with Crippen molar-refractivity contribution in [3.8, 4) is 5.75 Å². The Bertz CT molecular complexity index is 601. The number of halogens is 2. The predicted molar refractivity (Wildman–Crippen MR) is 91.9 cm³/mol. The van der Waals surface area contributed by atoms with Crippen LogP contribution in [0, 0.1) is 0 Å². The van der Waals surface area contributed by atoms with Crippen molar-refractivity contribution in [1.29, 1.82) is 0 Å². The maximum absolute atomic E-state index is 6.12. The van der Waals surface area contributed by atoms with Crippen molar-refractivity contribution in [2.45, 2.75) is 33.0 Å². The average molecular weight is 369 g/mol. The van der Waals surface area contributed by atoms with E-state index < -0.39 is 0 Å². The fourth-order valence-electron chi connectivity index (χ4n) is 1.90. The Morgan fingerprint density at radius 3 is 2.67 bits per heavy atom. The molecule has 0 bridgehead atoms. The van der Waals surface area contributed by atoms with Crippen molar-refractivity contribution in [2.24, 2.45) is 0 Å². The van der Waals surface area contributed by atoms with E-state index in [-0.39, 0.29) is 0 Å². The lowest BCUT2D eigenvalue weighted by Crippen LogP contribution is -2.21. The Hall–Kier alpha value is -1.03. The van der Waals surface area contributed by atoms with Gasteiger partial charge in [-0.25, -0.2) is 0 Å². The zero-order valence-corrected chi connectivity index (χ0v) is 14.5. The number of nitrogens with one attached hydrogen (secondary N) is 1. The summed E-state index contributed by atoms with van der Waals surface area (Å²) in [5.41, 5.74) is 2.39. The predicted octanol–water partition coefficient (Wildman–Crippen LogP) is 5.18. The second-order valence-corrected chi connectivity index (χ2v) is 6.54. The van der Waals surface area contributed by atoms with Crippen molar-refractivity contribution < 1.29 is 4.74 Å². The summed E-state index contributed by atoms with van der Waals surface area (Å²) in [6.45, 7) is 5.65. The first-order chi connectivity index (χ1) is 10.0. The third-order valence-corrected chi connectivity index (χ3v) is 3.80. The maximum atomic E-state index is 6.12. The van der Waals surface area contributed by atoms with Gasteiger partial charge in [0.2, 0.25) is 0 Å². The number of rotatable bonds is 6. The minimum atomic E-state index is 0.477. The van der Waals surface area contributed by atoms with E-state index in [0.717, 1.165) is 16.6 Å². The molecule has 0 saturated heterocycles. The quantitative estimate of drug-likeness (QED) is 0.758. The Balaban J connectivity index is 1.99. The van der Waals surface area contributed by atoms with Crippen LogP contribution in [0.1, 0.15) is 25.0 Å². The Kier molecular flexibility index (Phi) is 6.09. The van der Waals surface area contributed by atoms with Gasteiger partial charge in [0.05, 0.1) is 5.02 Å². The highest BCUT2D eigenvalue weighted by Crippen LogP contribution is 2.28. The summed E-state index contributed by atoms with van der Waals surface area (Å²) >= 11 is 9.54. The molecule has 1 N–H and O–H groups in total. The molecule has 0 aliphatic carbocycles. The first kappa shape index (κ1) is 16.3. The molecule has 0 amide bonds. The molecule has 0 atom stereocenters. The van der Waals surface area contributed by atoms with Gasteiger partial charge in [-0.15, -0.1) is 0 Å². The van der Waals surface area contributed by atoms with E-state index in [1.165, 1.54) is 5.56 Å². The summed E-state index contributed by atoms with van der Waals surface area (Å²) in [6.07, 6.45) is 0. The highest BCUT2D eigenvalue weighted by atomic mass is 79.9. The third-order valence-electron chi connectivity index (χ3n) is 2.99. The molecule has 0 heterocycles. The smallest absolute Gasteiger partial charge is 0.139 e. The van der Waals surface area contributed by atoms with E-state index in [2.05, 4.69) is 59.4 Å². The zero-order chi connectivity index (χ0) is 15.2. The van der Waals surface area contributed by atoms with Crippen LogP contribution in [0.25, 0.3) is 0 Å². The van der Waals surface area contributed by atoms with E-state index in [4.69, 9.17) is 16.3 Å². The SMILES string of the molecule is CC(C)NCc1cccc(COc2cc(Br)ccc2Cl)c1. The van der Waals surface area contributed by atoms with Gasteiger partial charge in [-0.1, -0.05) is 65.6 Å². The summed E-state index contributed by atoms with van der Waals surface area (Å²) in [7, 11) is 0. The lowest BCUT2D eigenvalue weighted by atomic mass is 10.1. The molecule has 0 fully saturated rings. The standard InChI is InChI=1S/C17H19BrClNO/c1-12(2)20-10-13-4-3-5-14(8-13)11-21-17-9-15(18)6-7-16(17)19/h3-9,12,20H,10-11H2,1-2H3. The summed E-state index contributed by atoms with van der Waals surface area (Å²) in [5.74, 6) is 0.691. The van der Waals surface area contributed by atoms with E-state index in [1.54, 1.807) is 0 Å². The lowest BCUT2D eigenvalue weighted by molar-refractivity contribution is 0.306. The molecular weight excluding hydrogens is 350 g/mol. The molecule has 0 saturated carbocycles. The second-order valence-electron chi connectivity index (χ2n) is 5.22. The number of benzene rings is 2. The van der Waals surface area contributed by atoms with Gasteiger partial charge in [0, 0.05) is 17.1 Å². The zero-order valence-electron chi connectivity index (χ0n) is 12.2. The Morgan fingerprint density at radius 2 is 1.90 bits per heavy atom. The third kappa shape index (κ3) is 5.34. The minimum absolute atomic E-state index is 0.477. The van der Waals surface area contributed by atoms with Crippen molar-refractivity contribution in [1.82, 2.24) is 5.32 Å². The lowest BCUT2D eigenvalue weighted by Gasteiger charge is -2.11. The largest absolute Gasteiger partial charge is 0.487 e. The van der Waals surface area contributed by atoms with Crippen LogP contribution in [-0.4, -0.2) is 6.04 Å². The minimum Gasteiger partial charge on any atom is -0.487 e. The average Bonchev–Trinajstić information content (AvgIpc) is 2.46. The van der Waals surface area contributed by atoms with Crippen LogP contribution in [0.3, 0.4) is 0 Å². The highest BCUT2D eigenvalue weighted by Gasteiger charge is 2.04. The van der Waals surface area contributed by atoms with Crippen LogP contribution in [-0.2, 0) is 13.2 Å². The number of ether oxygens (including phenoxy) is 1. The summed E-state index contributed by atoms with van der Waals surface area (Å²) in [6, 6.07) is 14.5. The van der Waals surface area contributed by atoms with E-state index in [1.807, 2.05) is 18.2 Å². The first-order valence-electron chi connectivity index (χ1n) is 6.93. The first-order valence-corrected chi connectivity index (χ1v) is 8.11. The maximum Gasteiger partial charge on any atom is 0.139 e. The molecule has 2 aromatic carbocycles. The van der Waals surface area contributed by atoms with Gasteiger partial charge in [-0.3, -0.25) is 0 Å². The molecule has 112 valence electrons. The van der Waals surface area contributed by atoms with E-state index >= 15 is 0 Å². The fourth-order valence-corrected chi connectivity index (χ4v) is 2.41. The molecule has 0 aliphatic rings. The molecule has 0 aliphatic heterocycles. The normalized spacial score (nSPS) is 10.9. The Morgan fingerprint density at radius 1 is 1.14 bits per heavy atom. The molecule has 2 rings (SSSR count). The topological polar surface area (TPSA) is 21.3 Å². The number of hydrogen-bond donors (Lipinski definition) is 1.